The van der Waals surface area contributed by atoms with Crippen LogP contribution in [0.2, 0.25) is 0 Å². The molecule has 1 fully saturated rings. The lowest BCUT2D eigenvalue weighted by molar-refractivity contribution is 0.0303. The maximum atomic E-state index is 12.6. The molecule has 29 heavy (non-hydrogen) atoms. The van der Waals surface area contributed by atoms with Gasteiger partial charge in [-0.1, -0.05) is 12.1 Å². The number of morpholine rings is 1. The maximum absolute atomic E-state index is 12.6. The SMILES string of the molecule is CC(O)c1ccc(Nc2nccc(-c3cc(C(=O)N4CCOCC4)cs3)n2)cc1. The Kier molecular flexibility index (Phi) is 5.84. The van der Waals surface area contributed by atoms with Gasteiger partial charge in [-0.3, -0.25) is 4.79 Å². The van der Waals surface area contributed by atoms with Gasteiger partial charge in [0.1, 0.15) is 0 Å². The van der Waals surface area contributed by atoms with Gasteiger partial charge < -0.3 is 20.1 Å². The van der Waals surface area contributed by atoms with Crippen molar-refractivity contribution in [2.75, 3.05) is 31.6 Å². The Morgan fingerprint density at radius 1 is 1.24 bits per heavy atom. The van der Waals surface area contributed by atoms with E-state index >= 15 is 0 Å². The average Bonchev–Trinajstić information content (AvgIpc) is 3.25. The van der Waals surface area contributed by atoms with Gasteiger partial charge >= 0.3 is 0 Å². The largest absolute Gasteiger partial charge is 0.389 e. The fourth-order valence-electron chi connectivity index (χ4n) is 3.06. The maximum Gasteiger partial charge on any atom is 0.254 e. The van der Waals surface area contributed by atoms with E-state index in [0.29, 0.717) is 37.8 Å². The van der Waals surface area contributed by atoms with Crippen molar-refractivity contribution in [2.45, 2.75) is 13.0 Å². The normalized spacial score (nSPS) is 15.2. The predicted octanol–water partition coefficient (Wildman–Crippen LogP) is 3.47. The number of rotatable bonds is 5. The van der Waals surface area contributed by atoms with E-state index < -0.39 is 6.10 Å². The summed E-state index contributed by atoms with van der Waals surface area (Å²) in [7, 11) is 0. The van der Waals surface area contributed by atoms with Crippen molar-refractivity contribution in [3.8, 4) is 10.6 Å². The molecule has 1 aromatic carbocycles. The molecule has 1 unspecified atom stereocenters. The molecule has 3 aromatic rings. The first kappa shape index (κ1) is 19.5. The highest BCUT2D eigenvalue weighted by molar-refractivity contribution is 7.13. The van der Waals surface area contributed by atoms with Crippen LogP contribution in [0.1, 0.15) is 28.9 Å². The third-order valence-electron chi connectivity index (χ3n) is 4.70. The molecule has 1 aliphatic heterocycles. The third kappa shape index (κ3) is 4.61. The van der Waals surface area contributed by atoms with E-state index in [2.05, 4.69) is 15.3 Å². The zero-order valence-electron chi connectivity index (χ0n) is 16.0. The number of nitrogens with one attached hydrogen (secondary N) is 1. The second kappa shape index (κ2) is 8.69. The molecule has 0 spiro atoms. The van der Waals surface area contributed by atoms with Gasteiger partial charge in [0.25, 0.3) is 5.91 Å². The first-order chi connectivity index (χ1) is 14.1. The number of carbonyl (C=O) groups is 1. The quantitative estimate of drug-likeness (QED) is 0.670. The van der Waals surface area contributed by atoms with Gasteiger partial charge in [0, 0.05) is 30.4 Å². The molecule has 0 aliphatic carbocycles. The molecule has 1 saturated heterocycles. The van der Waals surface area contributed by atoms with Crippen LogP contribution in [0.3, 0.4) is 0 Å². The summed E-state index contributed by atoms with van der Waals surface area (Å²) in [6.45, 7) is 4.15. The summed E-state index contributed by atoms with van der Waals surface area (Å²) in [6.07, 6.45) is 1.19. The molecule has 3 heterocycles. The predicted molar refractivity (Wildman–Crippen MR) is 112 cm³/mol. The summed E-state index contributed by atoms with van der Waals surface area (Å²) in [5, 5.41) is 14.7. The van der Waals surface area contributed by atoms with Crippen LogP contribution in [0.15, 0.2) is 48.0 Å². The van der Waals surface area contributed by atoms with E-state index in [1.807, 2.05) is 46.7 Å². The number of carbonyl (C=O) groups excluding carboxylic acids is 1. The van der Waals surface area contributed by atoms with E-state index in [0.717, 1.165) is 21.8 Å². The van der Waals surface area contributed by atoms with E-state index in [9.17, 15) is 9.90 Å². The Labute approximate surface area is 173 Å². The number of benzene rings is 1. The van der Waals surface area contributed by atoms with Gasteiger partial charge in [0.2, 0.25) is 5.95 Å². The standard InChI is InChI=1S/C21H22N4O3S/c1-14(26)15-2-4-17(5-3-15)23-21-22-7-6-18(24-21)19-12-16(13-29-19)20(27)25-8-10-28-11-9-25/h2-7,12-14,26H,8-11H2,1H3,(H,22,23,24). The van der Waals surface area contributed by atoms with E-state index in [-0.39, 0.29) is 5.91 Å². The Balaban J connectivity index is 1.48. The lowest BCUT2D eigenvalue weighted by Crippen LogP contribution is -2.40. The molecule has 0 saturated carbocycles. The first-order valence-corrected chi connectivity index (χ1v) is 10.3. The highest BCUT2D eigenvalue weighted by atomic mass is 32.1. The van der Waals surface area contributed by atoms with E-state index in [1.165, 1.54) is 11.3 Å². The molecule has 7 nitrogen and oxygen atoms in total. The number of aliphatic hydroxyl groups excluding tert-OH is 1. The molecular weight excluding hydrogens is 388 g/mol. The number of nitrogens with zero attached hydrogens (tertiary/aromatic N) is 3. The Hall–Kier alpha value is -2.81. The number of hydrogen-bond donors (Lipinski definition) is 2. The van der Waals surface area contributed by atoms with Crippen molar-refractivity contribution in [2.24, 2.45) is 0 Å². The Morgan fingerprint density at radius 2 is 2.00 bits per heavy atom. The van der Waals surface area contributed by atoms with Gasteiger partial charge in [0.05, 0.1) is 35.5 Å². The van der Waals surface area contributed by atoms with Crippen molar-refractivity contribution < 1.29 is 14.6 Å². The van der Waals surface area contributed by atoms with Crippen LogP contribution in [-0.4, -0.2) is 52.2 Å². The number of thiophene rings is 1. The molecule has 1 aliphatic rings. The van der Waals surface area contributed by atoms with Crippen LogP contribution in [0.25, 0.3) is 10.6 Å². The smallest absolute Gasteiger partial charge is 0.254 e. The van der Waals surface area contributed by atoms with Gasteiger partial charge in [0.15, 0.2) is 0 Å². The number of amides is 1. The summed E-state index contributed by atoms with van der Waals surface area (Å²) in [4.78, 5) is 24.2. The molecule has 0 radical (unpaired) electrons. The zero-order chi connectivity index (χ0) is 20.2. The monoisotopic (exact) mass is 410 g/mol. The number of anilines is 2. The molecule has 1 atom stereocenters. The van der Waals surface area contributed by atoms with Crippen molar-refractivity contribution >= 4 is 28.9 Å². The van der Waals surface area contributed by atoms with E-state index in [1.54, 1.807) is 13.1 Å². The Morgan fingerprint density at radius 3 is 2.72 bits per heavy atom. The van der Waals surface area contributed by atoms with Crippen molar-refractivity contribution in [1.82, 2.24) is 14.9 Å². The van der Waals surface area contributed by atoms with Crippen LogP contribution >= 0.6 is 11.3 Å². The minimum absolute atomic E-state index is 0.0291. The summed E-state index contributed by atoms with van der Waals surface area (Å²) in [5.74, 6) is 0.503. The van der Waals surface area contributed by atoms with Crippen molar-refractivity contribution in [1.29, 1.82) is 0 Å². The highest BCUT2D eigenvalue weighted by Crippen LogP contribution is 2.27. The summed E-state index contributed by atoms with van der Waals surface area (Å²) < 4.78 is 5.31. The number of hydrogen-bond acceptors (Lipinski definition) is 7. The van der Waals surface area contributed by atoms with Crippen LogP contribution in [0, 0.1) is 0 Å². The van der Waals surface area contributed by atoms with Gasteiger partial charge in [-0.25, -0.2) is 9.97 Å². The lowest BCUT2D eigenvalue weighted by atomic mass is 10.1. The van der Waals surface area contributed by atoms with Crippen molar-refractivity contribution in [3.63, 3.8) is 0 Å². The number of aromatic nitrogens is 2. The molecule has 2 N–H and O–H groups in total. The molecule has 150 valence electrons. The van der Waals surface area contributed by atoms with Crippen LogP contribution < -0.4 is 5.32 Å². The molecule has 8 heteroatoms. The summed E-state index contributed by atoms with van der Waals surface area (Å²) in [5.41, 5.74) is 3.12. The van der Waals surface area contributed by atoms with Crippen molar-refractivity contribution in [3.05, 3.63) is 59.1 Å². The second-order valence-electron chi connectivity index (χ2n) is 6.79. The first-order valence-electron chi connectivity index (χ1n) is 9.44. The average molecular weight is 410 g/mol. The van der Waals surface area contributed by atoms with Crippen LogP contribution in [0.4, 0.5) is 11.6 Å². The van der Waals surface area contributed by atoms with Gasteiger partial charge in [-0.05, 0) is 36.8 Å². The zero-order valence-corrected chi connectivity index (χ0v) is 16.9. The Bertz CT molecular complexity index is 982. The minimum Gasteiger partial charge on any atom is -0.389 e. The summed E-state index contributed by atoms with van der Waals surface area (Å²) in [6, 6.07) is 11.2. The van der Waals surface area contributed by atoms with Gasteiger partial charge in [-0.2, -0.15) is 0 Å². The number of ether oxygens (including phenoxy) is 1. The fraction of sp³-hybridized carbons (Fsp3) is 0.286. The topological polar surface area (TPSA) is 87.6 Å². The third-order valence-corrected chi connectivity index (χ3v) is 5.65. The van der Waals surface area contributed by atoms with Gasteiger partial charge in [-0.15, -0.1) is 11.3 Å². The van der Waals surface area contributed by atoms with Crippen LogP contribution in [-0.2, 0) is 4.74 Å². The molecule has 4 rings (SSSR count). The molecule has 1 amide bonds. The molecule has 2 aromatic heterocycles. The van der Waals surface area contributed by atoms with E-state index in [4.69, 9.17) is 4.74 Å². The molecule has 0 bridgehead atoms. The number of aliphatic hydroxyl groups is 1. The molecular formula is C21H22N4O3S. The summed E-state index contributed by atoms with van der Waals surface area (Å²) >= 11 is 1.49. The lowest BCUT2D eigenvalue weighted by Gasteiger charge is -2.26. The minimum atomic E-state index is -0.503. The second-order valence-corrected chi connectivity index (χ2v) is 7.70. The van der Waals surface area contributed by atoms with Crippen LogP contribution in [0.5, 0.6) is 0 Å². The highest BCUT2D eigenvalue weighted by Gasteiger charge is 2.20. The fourth-order valence-corrected chi connectivity index (χ4v) is 3.91.